The Kier molecular flexibility index (Phi) is 6.84. The van der Waals surface area contributed by atoms with Crippen LogP contribution in [0.3, 0.4) is 0 Å². The number of nitrogens with one attached hydrogen (secondary N) is 2. The van der Waals surface area contributed by atoms with Gasteiger partial charge >= 0.3 is 6.18 Å². The molecule has 2 fully saturated rings. The van der Waals surface area contributed by atoms with Gasteiger partial charge in [-0.2, -0.15) is 13.2 Å². The van der Waals surface area contributed by atoms with Gasteiger partial charge in [-0.25, -0.2) is 5.43 Å². The van der Waals surface area contributed by atoms with Crippen LogP contribution in [0.15, 0.2) is 18.2 Å². The minimum absolute atomic E-state index is 0.0654. The number of hydrogen-bond donors (Lipinski definition) is 2. The van der Waals surface area contributed by atoms with E-state index >= 15 is 0 Å². The molecule has 1 aromatic rings. The molecule has 1 amide bonds. The van der Waals surface area contributed by atoms with Crippen molar-refractivity contribution < 1.29 is 22.7 Å². The number of fused-ring (bicyclic) bond motifs is 1. The largest absolute Gasteiger partial charge is 0.393 e. The van der Waals surface area contributed by atoms with E-state index in [0.717, 1.165) is 56.4 Å². The van der Waals surface area contributed by atoms with Crippen molar-refractivity contribution in [3.8, 4) is 0 Å². The summed E-state index contributed by atoms with van der Waals surface area (Å²) in [6, 6.07) is 5.63. The minimum Gasteiger partial charge on any atom is -0.381 e. The first kappa shape index (κ1) is 23.5. The molecule has 2 N–H and O–H groups in total. The standard InChI is InChI=1S/C24H34F3N3O2/c1-16(2)23(8-5-21(13-23)29-20-6-9-32-10-7-20)22(31)30-15-19-11-17(12-24(25,26)27)3-4-18(19)14-28-30/h3-4,11,16,20-21,28-29H,5-10,12-15H2,1-2H3/t21-,23+/m1/s1. The zero-order chi connectivity index (χ0) is 22.9. The average Bonchev–Trinajstić information content (AvgIpc) is 3.17. The van der Waals surface area contributed by atoms with Crippen LogP contribution in [0.5, 0.6) is 0 Å². The maximum Gasteiger partial charge on any atom is 0.393 e. The Morgan fingerprint density at radius 1 is 1.22 bits per heavy atom. The van der Waals surface area contributed by atoms with Gasteiger partial charge in [0.2, 0.25) is 5.91 Å². The number of ether oxygens (including phenoxy) is 1. The van der Waals surface area contributed by atoms with E-state index in [0.29, 0.717) is 25.2 Å². The number of benzene rings is 1. The van der Waals surface area contributed by atoms with Crippen molar-refractivity contribution in [1.29, 1.82) is 0 Å². The van der Waals surface area contributed by atoms with E-state index in [1.54, 1.807) is 17.1 Å². The second kappa shape index (κ2) is 9.31. The van der Waals surface area contributed by atoms with Gasteiger partial charge in [-0.3, -0.25) is 9.80 Å². The Balaban J connectivity index is 1.46. The Morgan fingerprint density at radius 3 is 2.66 bits per heavy atom. The predicted molar refractivity (Wildman–Crippen MR) is 115 cm³/mol. The van der Waals surface area contributed by atoms with Gasteiger partial charge in [-0.05, 0) is 54.7 Å². The highest BCUT2D eigenvalue weighted by atomic mass is 19.4. The topological polar surface area (TPSA) is 53.6 Å². The van der Waals surface area contributed by atoms with Gasteiger partial charge in [0.15, 0.2) is 0 Å². The predicted octanol–water partition coefficient (Wildman–Crippen LogP) is 4.10. The molecule has 2 aliphatic heterocycles. The molecule has 3 aliphatic rings. The molecule has 0 bridgehead atoms. The normalized spacial score (nSPS) is 27.1. The number of carbonyl (C=O) groups excluding carboxylic acids is 1. The number of alkyl halides is 3. The van der Waals surface area contributed by atoms with E-state index in [1.807, 2.05) is 0 Å². The third-order valence-electron chi connectivity index (χ3n) is 7.48. The molecule has 32 heavy (non-hydrogen) atoms. The highest BCUT2D eigenvalue weighted by molar-refractivity contribution is 5.83. The summed E-state index contributed by atoms with van der Waals surface area (Å²) in [4.78, 5) is 13.8. The van der Waals surface area contributed by atoms with Gasteiger partial charge in [0.1, 0.15) is 0 Å². The van der Waals surface area contributed by atoms with Crippen molar-refractivity contribution in [2.24, 2.45) is 11.3 Å². The van der Waals surface area contributed by atoms with E-state index in [2.05, 4.69) is 24.6 Å². The lowest BCUT2D eigenvalue weighted by Gasteiger charge is -2.40. The molecule has 0 spiro atoms. The van der Waals surface area contributed by atoms with Crippen LogP contribution in [-0.4, -0.2) is 42.4 Å². The van der Waals surface area contributed by atoms with Gasteiger partial charge < -0.3 is 10.1 Å². The van der Waals surface area contributed by atoms with Crippen LogP contribution in [0.2, 0.25) is 0 Å². The molecule has 4 rings (SSSR count). The lowest BCUT2D eigenvalue weighted by molar-refractivity contribution is -0.150. The van der Waals surface area contributed by atoms with Crippen LogP contribution in [0.25, 0.3) is 0 Å². The number of carbonyl (C=O) groups is 1. The van der Waals surface area contributed by atoms with Gasteiger partial charge in [-0.15, -0.1) is 0 Å². The quantitative estimate of drug-likeness (QED) is 0.705. The minimum atomic E-state index is -4.24. The molecule has 2 heterocycles. The van der Waals surface area contributed by atoms with Gasteiger partial charge in [0.25, 0.3) is 0 Å². The zero-order valence-corrected chi connectivity index (χ0v) is 18.9. The van der Waals surface area contributed by atoms with E-state index in [1.165, 1.54) is 6.07 Å². The Morgan fingerprint density at radius 2 is 1.97 bits per heavy atom. The van der Waals surface area contributed by atoms with Gasteiger partial charge in [0, 0.05) is 31.8 Å². The Bertz CT molecular complexity index is 823. The smallest absolute Gasteiger partial charge is 0.381 e. The van der Waals surface area contributed by atoms with Crippen molar-refractivity contribution in [3.05, 3.63) is 34.9 Å². The summed E-state index contributed by atoms with van der Waals surface area (Å²) in [7, 11) is 0. The highest BCUT2D eigenvalue weighted by Crippen LogP contribution is 2.46. The Hall–Kier alpha value is -1.64. The van der Waals surface area contributed by atoms with E-state index < -0.39 is 18.0 Å². The molecule has 1 aliphatic carbocycles. The molecule has 1 saturated heterocycles. The summed E-state index contributed by atoms with van der Waals surface area (Å²) in [6.45, 7) is 6.53. The molecule has 5 nitrogen and oxygen atoms in total. The number of halogens is 3. The SMILES string of the molecule is CC(C)[C@]1(C(=O)N2Cc3cc(CC(F)(F)F)ccc3CN2)CC[C@@H](NC2CCOCC2)C1. The summed E-state index contributed by atoms with van der Waals surface area (Å²) in [5.41, 5.74) is 4.75. The van der Waals surface area contributed by atoms with E-state index in [4.69, 9.17) is 4.74 Å². The number of hydrazine groups is 1. The number of rotatable bonds is 5. The molecular weight excluding hydrogens is 419 g/mol. The molecule has 0 radical (unpaired) electrons. The second-order valence-electron chi connectivity index (χ2n) is 9.93. The fraction of sp³-hybridized carbons (Fsp3) is 0.708. The van der Waals surface area contributed by atoms with E-state index in [-0.39, 0.29) is 17.4 Å². The van der Waals surface area contributed by atoms with Crippen molar-refractivity contribution in [3.63, 3.8) is 0 Å². The highest BCUT2D eigenvalue weighted by Gasteiger charge is 2.50. The van der Waals surface area contributed by atoms with Crippen LogP contribution < -0.4 is 10.7 Å². The maximum atomic E-state index is 13.8. The number of hydrogen-bond acceptors (Lipinski definition) is 4. The molecule has 0 unspecified atom stereocenters. The lowest BCUT2D eigenvalue weighted by atomic mass is 9.74. The van der Waals surface area contributed by atoms with Crippen molar-refractivity contribution in [1.82, 2.24) is 15.8 Å². The third kappa shape index (κ3) is 5.13. The van der Waals surface area contributed by atoms with Crippen LogP contribution in [0.1, 0.15) is 62.6 Å². The number of nitrogens with zero attached hydrogens (tertiary/aromatic N) is 1. The van der Waals surface area contributed by atoms with Crippen molar-refractivity contribution in [2.45, 2.75) is 83.7 Å². The molecule has 8 heteroatoms. The average molecular weight is 454 g/mol. The third-order valence-corrected chi connectivity index (χ3v) is 7.48. The summed E-state index contributed by atoms with van der Waals surface area (Å²) < 4.78 is 44.0. The molecule has 1 saturated carbocycles. The van der Waals surface area contributed by atoms with Crippen molar-refractivity contribution >= 4 is 5.91 Å². The van der Waals surface area contributed by atoms with Crippen LogP contribution in [0.4, 0.5) is 13.2 Å². The first-order valence-electron chi connectivity index (χ1n) is 11.7. The number of amides is 1. The molecular formula is C24H34F3N3O2. The van der Waals surface area contributed by atoms with E-state index in [9.17, 15) is 18.0 Å². The molecule has 0 aromatic heterocycles. The second-order valence-corrected chi connectivity index (χ2v) is 9.93. The van der Waals surface area contributed by atoms with Gasteiger partial charge in [-0.1, -0.05) is 32.0 Å². The lowest BCUT2D eigenvalue weighted by Crippen LogP contribution is -2.53. The molecule has 178 valence electrons. The molecule has 1 aromatic carbocycles. The monoisotopic (exact) mass is 453 g/mol. The van der Waals surface area contributed by atoms with Crippen molar-refractivity contribution in [2.75, 3.05) is 13.2 Å². The van der Waals surface area contributed by atoms with Crippen LogP contribution in [-0.2, 0) is 29.0 Å². The first-order chi connectivity index (χ1) is 15.2. The maximum absolute atomic E-state index is 13.8. The van der Waals surface area contributed by atoms with Crippen LogP contribution >= 0.6 is 0 Å². The first-order valence-corrected chi connectivity index (χ1v) is 11.7. The summed E-state index contributed by atoms with van der Waals surface area (Å²) in [5.74, 6) is 0.243. The van der Waals surface area contributed by atoms with Gasteiger partial charge in [0.05, 0.1) is 18.4 Å². The summed E-state index contributed by atoms with van der Waals surface area (Å²) in [6.07, 6.45) is -0.607. The zero-order valence-electron chi connectivity index (χ0n) is 18.9. The fourth-order valence-electron chi connectivity index (χ4n) is 5.54. The summed E-state index contributed by atoms with van der Waals surface area (Å²) >= 11 is 0. The Labute approximate surface area is 188 Å². The van der Waals surface area contributed by atoms with Crippen LogP contribution in [0, 0.1) is 11.3 Å². The molecule has 2 atom stereocenters. The summed E-state index contributed by atoms with van der Waals surface area (Å²) in [5, 5.41) is 5.40. The fourth-order valence-corrected chi connectivity index (χ4v) is 5.54.